The van der Waals surface area contributed by atoms with Crippen LogP contribution in [0.1, 0.15) is 27.6 Å². The number of aromatic hydroxyl groups is 1. The fourth-order valence-corrected chi connectivity index (χ4v) is 3.00. The minimum Gasteiger partial charge on any atom is -0.506 e. The summed E-state index contributed by atoms with van der Waals surface area (Å²) in [6.45, 7) is 1.57. The van der Waals surface area contributed by atoms with Crippen molar-refractivity contribution in [2.45, 2.75) is 6.92 Å². The van der Waals surface area contributed by atoms with Crippen molar-refractivity contribution < 1.29 is 19.8 Å². The van der Waals surface area contributed by atoms with E-state index in [4.69, 9.17) is 0 Å². The van der Waals surface area contributed by atoms with E-state index in [-0.39, 0.29) is 16.9 Å². The van der Waals surface area contributed by atoms with Crippen molar-refractivity contribution in [3.05, 3.63) is 81.8 Å². The highest BCUT2D eigenvalue weighted by atomic mass is 16.4. The SMILES string of the molecule is CC(=CC(=O)c1c(O)c2ccccc2n(C)c1=O)Nc1ccccc1C(=O)O. The van der Waals surface area contributed by atoms with Crippen molar-refractivity contribution in [1.29, 1.82) is 0 Å². The lowest BCUT2D eigenvalue weighted by Crippen LogP contribution is -2.24. The number of hydrogen-bond donors (Lipinski definition) is 3. The van der Waals surface area contributed by atoms with Gasteiger partial charge in [-0.2, -0.15) is 0 Å². The Bertz CT molecular complexity index is 1190. The van der Waals surface area contributed by atoms with Crippen LogP contribution in [0, 0.1) is 0 Å². The number of carboxylic acid groups (broad SMARTS) is 1. The van der Waals surface area contributed by atoms with Gasteiger partial charge in [-0.3, -0.25) is 9.59 Å². The smallest absolute Gasteiger partial charge is 0.337 e. The molecule has 0 bridgehead atoms. The highest BCUT2D eigenvalue weighted by molar-refractivity contribution is 6.10. The van der Waals surface area contributed by atoms with Crippen LogP contribution in [-0.4, -0.2) is 26.5 Å². The molecule has 0 atom stereocenters. The molecule has 7 nitrogen and oxygen atoms in total. The molecule has 0 radical (unpaired) electrons. The number of aromatic carboxylic acids is 1. The maximum atomic E-state index is 12.7. The van der Waals surface area contributed by atoms with Gasteiger partial charge in [-0.05, 0) is 31.2 Å². The average molecular weight is 378 g/mol. The molecule has 0 saturated heterocycles. The maximum absolute atomic E-state index is 12.7. The van der Waals surface area contributed by atoms with Crippen LogP contribution in [0.15, 0.2) is 65.1 Å². The number of pyridine rings is 1. The summed E-state index contributed by atoms with van der Waals surface area (Å²) in [5.41, 5.74) is 0.244. The number of carbonyl (C=O) groups excluding carboxylic acids is 1. The molecule has 3 N–H and O–H groups in total. The molecular formula is C21H18N2O5. The molecule has 0 spiro atoms. The minimum absolute atomic E-state index is 0.0483. The Morgan fingerprint density at radius 1 is 1.07 bits per heavy atom. The normalized spacial score (nSPS) is 11.4. The van der Waals surface area contributed by atoms with Crippen LogP contribution in [0.4, 0.5) is 5.69 Å². The number of rotatable bonds is 5. The van der Waals surface area contributed by atoms with Crippen molar-refractivity contribution in [2.24, 2.45) is 7.05 Å². The zero-order valence-electron chi connectivity index (χ0n) is 15.3. The molecule has 0 unspecified atom stereocenters. The second-order valence-corrected chi connectivity index (χ2v) is 6.27. The Morgan fingerprint density at radius 2 is 1.71 bits per heavy atom. The topological polar surface area (TPSA) is 109 Å². The lowest BCUT2D eigenvalue weighted by Gasteiger charge is -2.11. The summed E-state index contributed by atoms with van der Waals surface area (Å²) in [5, 5.41) is 23.0. The number of allylic oxidation sites excluding steroid dienone is 2. The Kier molecular flexibility index (Phi) is 5.00. The zero-order chi connectivity index (χ0) is 20.4. The number of carboxylic acids is 1. The molecule has 28 heavy (non-hydrogen) atoms. The third kappa shape index (κ3) is 3.37. The molecular weight excluding hydrogens is 360 g/mol. The van der Waals surface area contributed by atoms with Crippen molar-refractivity contribution in [2.75, 3.05) is 5.32 Å². The lowest BCUT2D eigenvalue weighted by atomic mass is 10.1. The van der Waals surface area contributed by atoms with Crippen molar-refractivity contribution in [3.63, 3.8) is 0 Å². The third-order valence-corrected chi connectivity index (χ3v) is 4.36. The first-order chi connectivity index (χ1) is 13.3. The van der Waals surface area contributed by atoms with Gasteiger partial charge in [0, 0.05) is 24.2 Å². The summed E-state index contributed by atoms with van der Waals surface area (Å²) in [5.74, 6) is -2.16. The molecule has 1 heterocycles. The Morgan fingerprint density at radius 3 is 2.43 bits per heavy atom. The first-order valence-electron chi connectivity index (χ1n) is 8.44. The molecule has 3 rings (SSSR count). The number of aromatic nitrogens is 1. The van der Waals surface area contributed by atoms with E-state index < -0.39 is 17.3 Å². The highest BCUT2D eigenvalue weighted by Crippen LogP contribution is 2.26. The fraction of sp³-hybridized carbons (Fsp3) is 0.0952. The summed E-state index contributed by atoms with van der Waals surface area (Å²) >= 11 is 0. The molecule has 0 aliphatic carbocycles. The molecule has 142 valence electrons. The van der Waals surface area contributed by atoms with Crippen molar-refractivity contribution in [1.82, 2.24) is 4.57 Å². The summed E-state index contributed by atoms with van der Waals surface area (Å²) in [7, 11) is 1.53. The Labute approximate surface area is 160 Å². The van der Waals surface area contributed by atoms with Crippen LogP contribution in [0.5, 0.6) is 5.75 Å². The van der Waals surface area contributed by atoms with E-state index in [1.54, 1.807) is 49.4 Å². The van der Waals surface area contributed by atoms with Gasteiger partial charge in [0.15, 0.2) is 5.78 Å². The monoisotopic (exact) mass is 378 g/mol. The predicted molar refractivity (Wildman–Crippen MR) is 106 cm³/mol. The number of nitrogens with one attached hydrogen (secondary N) is 1. The number of ketones is 1. The maximum Gasteiger partial charge on any atom is 0.337 e. The van der Waals surface area contributed by atoms with Crippen LogP contribution < -0.4 is 10.9 Å². The molecule has 0 saturated carbocycles. The third-order valence-electron chi connectivity index (χ3n) is 4.36. The summed E-state index contributed by atoms with van der Waals surface area (Å²) in [6, 6.07) is 13.0. The Hall–Kier alpha value is -3.87. The first kappa shape index (κ1) is 18.9. The van der Waals surface area contributed by atoms with Gasteiger partial charge in [-0.15, -0.1) is 0 Å². The molecule has 0 fully saturated rings. The molecule has 3 aromatic rings. The fourth-order valence-electron chi connectivity index (χ4n) is 3.00. The molecule has 7 heteroatoms. The van der Waals surface area contributed by atoms with Gasteiger partial charge < -0.3 is 20.1 Å². The number of carbonyl (C=O) groups is 2. The summed E-state index contributed by atoms with van der Waals surface area (Å²) < 4.78 is 1.30. The number of benzene rings is 2. The second-order valence-electron chi connectivity index (χ2n) is 6.27. The standard InChI is InChI=1S/C21H18N2O5/c1-12(22-15-9-5-3-7-13(15)21(27)28)11-17(24)18-19(25)14-8-4-6-10-16(14)23(2)20(18)26/h3-11,22,25H,1-2H3,(H,27,28). The van der Waals surface area contributed by atoms with Gasteiger partial charge >= 0.3 is 5.97 Å². The quantitative estimate of drug-likeness (QED) is 0.465. The van der Waals surface area contributed by atoms with Gasteiger partial charge in [-0.1, -0.05) is 24.3 Å². The van der Waals surface area contributed by atoms with E-state index >= 15 is 0 Å². The molecule has 0 aliphatic rings. The predicted octanol–water partition coefficient (Wildman–Crippen LogP) is 3.14. The van der Waals surface area contributed by atoms with E-state index in [9.17, 15) is 24.6 Å². The number of nitrogens with zero attached hydrogens (tertiary/aromatic N) is 1. The van der Waals surface area contributed by atoms with E-state index in [0.717, 1.165) is 6.08 Å². The van der Waals surface area contributed by atoms with Gasteiger partial charge in [0.05, 0.1) is 16.8 Å². The second kappa shape index (κ2) is 7.40. The molecule has 0 aliphatic heterocycles. The van der Waals surface area contributed by atoms with Crippen LogP contribution in [0.25, 0.3) is 10.9 Å². The average Bonchev–Trinajstić information content (AvgIpc) is 2.66. The zero-order valence-corrected chi connectivity index (χ0v) is 15.3. The van der Waals surface area contributed by atoms with Gasteiger partial charge in [0.1, 0.15) is 11.3 Å². The largest absolute Gasteiger partial charge is 0.506 e. The highest BCUT2D eigenvalue weighted by Gasteiger charge is 2.20. The van der Waals surface area contributed by atoms with E-state index in [1.807, 2.05) is 0 Å². The summed E-state index contributed by atoms with van der Waals surface area (Å²) in [6.07, 6.45) is 1.16. The lowest BCUT2D eigenvalue weighted by molar-refractivity contribution is 0.0697. The van der Waals surface area contributed by atoms with Crippen LogP contribution >= 0.6 is 0 Å². The number of hydrogen-bond acceptors (Lipinski definition) is 5. The molecule has 2 aromatic carbocycles. The Balaban J connectivity index is 2.02. The number of anilines is 1. The van der Waals surface area contributed by atoms with Gasteiger partial charge in [-0.25, -0.2) is 4.79 Å². The van der Waals surface area contributed by atoms with Crippen LogP contribution in [0.2, 0.25) is 0 Å². The van der Waals surface area contributed by atoms with Crippen molar-refractivity contribution in [3.8, 4) is 5.75 Å². The van der Waals surface area contributed by atoms with E-state index in [0.29, 0.717) is 22.3 Å². The van der Waals surface area contributed by atoms with E-state index in [2.05, 4.69) is 5.32 Å². The molecule has 1 aromatic heterocycles. The van der Waals surface area contributed by atoms with Gasteiger partial charge in [0.25, 0.3) is 5.56 Å². The van der Waals surface area contributed by atoms with E-state index in [1.165, 1.54) is 17.7 Å². The number of fused-ring (bicyclic) bond motifs is 1. The first-order valence-corrected chi connectivity index (χ1v) is 8.44. The number of aryl methyl sites for hydroxylation is 1. The molecule has 0 amide bonds. The van der Waals surface area contributed by atoms with Gasteiger partial charge in [0.2, 0.25) is 0 Å². The number of para-hydroxylation sites is 2. The van der Waals surface area contributed by atoms with Crippen LogP contribution in [-0.2, 0) is 7.05 Å². The minimum atomic E-state index is -1.11. The van der Waals surface area contributed by atoms with Crippen LogP contribution in [0.3, 0.4) is 0 Å². The summed E-state index contributed by atoms with van der Waals surface area (Å²) in [4.78, 5) is 36.6. The van der Waals surface area contributed by atoms with Crippen molar-refractivity contribution >= 4 is 28.3 Å².